The van der Waals surface area contributed by atoms with Crippen LogP contribution in [0.4, 0.5) is 0 Å². The van der Waals surface area contributed by atoms with E-state index < -0.39 is 0 Å². The monoisotopic (exact) mass is 205 g/mol. The van der Waals surface area contributed by atoms with Gasteiger partial charge in [0.05, 0.1) is 17.6 Å². The molecule has 0 fully saturated rings. The fourth-order valence-corrected chi connectivity index (χ4v) is 1.29. The first-order chi connectivity index (χ1) is 7.29. The number of aromatic nitrogens is 3. The van der Waals surface area contributed by atoms with E-state index in [-0.39, 0.29) is 12.4 Å². The zero-order valence-corrected chi connectivity index (χ0v) is 8.04. The van der Waals surface area contributed by atoms with Gasteiger partial charge >= 0.3 is 0 Å². The quantitative estimate of drug-likeness (QED) is 0.765. The van der Waals surface area contributed by atoms with E-state index in [4.69, 9.17) is 5.11 Å². The third kappa shape index (κ3) is 2.13. The number of hydrogen-bond acceptors (Lipinski definition) is 4. The molecule has 0 saturated carbocycles. The van der Waals surface area contributed by atoms with Crippen LogP contribution in [-0.4, -0.2) is 31.8 Å². The molecule has 5 heteroatoms. The highest BCUT2D eigenvalue weighted by Gasteiger charge is 2.02. The first-order valence-electron chi connectivity index (χ1n) is 4.61. The topological polar surface area (TPSA) is 71.2 Å². The predicted octanol–water partition coefficient (Wildman–Crippen LogP) is 0.508. The molecule has 78 valence electrons. The largest absolute Gasteiger partial charge is 0.508 e. The molecule has 2 N–H and O–H groups in total. The summed E-state index contributed by atoms with van der Waals surface area (Å²) in [5, 5.41) is 25.8. The lowest BCUT2D eigenvalue weighted by atomic mass is 10.3. The van der Waals surface area contributed by atoms with Crippen LogP contribution in [0.5, 0.6) is 5.75 Å². The predicted molar refractivity (Wildman–Crippen MR) is 53.8 cm³/mol. The first-order valence-corrected chi connectivity index (χ1v) is 4.61. The second-order valence-electron chi connectivity index (χ2n) is 3.15. The van der Waals surface area contributed by atoms with Gasteiger partial charge in [-0.05, 0) is 12.1 Å². The SMILES string of the molecule is OCCc1cn(-c2cccc(O)c2)nn1. The molecule has 2 rings (SSSR count). The Balaban J connectivity index is 2.29. The maximum Gasteiger partial charge on any atom is 0.117 e. The molecule has 0 radical (unpaired) electrons. The summed E-state index contributed by atoms with van der Waals surface area (Å²) in [5.41, 5.74) is 1.47. The van der Waals surface area contributed by atoms with Crippen LogP contribution in [-0.2, 0) is 6.42 Å². The average molecular weight is 205 g/mol. The number of aliphatic hydroxyl groups excluding tert-OH is 1. The minimum atomic E-state index is 0.0543. The Bertz CT molecular complexity index is 453. The Hall–Kier alpha value is -1.88. The van der Waals surface area contributed by atoms with Gasteiger partial charge in [-0.1, -0.05) is 11.3 Å². The van der Waals surface area contributed by atoms with Gasteiger partial charge in [0.25, 0.3) is 0 Å². The highest BCUT2D eigenvalue weighted by Crippen LogP contribution is 2.14. The molecule has 1 aromatic heterocycles. The molecule has 15 heavy (non-hydrogen) atoms. The van der Waals surface area contributed by atoms with Crippen molar-refractivity contribution in [3.63, 3.8) is 0 Å². The van der Waals surface area contributed by atoms with Crippen molar-refractivity contribution in [1.82, 2.24) is 15.0 Å². The maximum atomic E-state index is 9.28. The summed E-state index contributed by atoms with van der Waals surface area (Å²) in [4.78, 5) is 0. The van der Waals surface area contributed by atoms with Gasteiger partial charge in [0, 0.05) is 19.1 Å². The summed E-state index contributed by atoms with van der Waals surface area (Å²) in [6, 6.07) is 6.74. The molecule has 0 atom stereocenters. The molecule has 0 saturated heterocycles. The number of benzene rings is 1. The number of nitrogens with zero attached hydrogens (tertiary/aromatic N) is 3. The van der Waals surface area contributed by atoms with Gasteiger partial charge < -0.3 is 10.2 Å². The average Bonchev–Trinajstić information content (AvgIpc) is 2.67. The highest BCUT2D eigenvalue weighted by molar-refractivity contribution is 5.37. The van der Waals surface area contributed by atoms with Crippen LogP contribution in [0.2, 0.25) is 0 Å². The summed E-state index contributed by atoms with van der Waals surface area (Å²) < 4.78 is 1.56. The Labute approximate surface area is 86.6 Å². The number of aliphatic hydroxyl groups is 1. The lowest BCUT2D eigenvalue weighted by Gasteiger charge is -1.99. The normalized spacial score (nSPS) is 10.5. The Morgan fingerprint density at radius 2 is 2.20 bits per heavy atom. The highest BCUT2D eigenvalue weighted by atomic mass is 16.3. The Kier molecular flexibility index (Phi) is 2.64. The van der Waals surface area contributed by atoms with E-state index in [1.54, 1.807) is 29.1 Å². The zero-order valence-electron chi connectivity index (χ0n) is 8.04. The van der Waals surface area contributed by atoms with Gasteiger partial charge in [-0.15, -0.1) is 5.10 Å². The van der Waals surface area contributed by atoms with Gasteiger partial charge in [0.15, 0.2) is 0 Å². The van der Waals surface area contributed by atoms with Gasteiger partial charge in [-0.3, -0.25) is 0 Å². The lowest BCUT2D eigenvalue weighted by Crippen LogP contribution is -1.93. The lowest BCUT2D eigenvalue weighted by molar-refractivity contribution is 0.298. The standard InChI is InChI=1S/C10H11N3O2/c14-5-4-8-7-13(12-11-8)9-2-1-3-10(15)6-9/h1-3,6-7,14-15H,4-5H2. The van der Waals surface area contributed by atoms with Crippen LogP contribution in [0.15, 0.2) is 30.5 Å². The number of rotatable bonds is 3. The molecule has 0 aliphatic heterocycles. The fraction of sp³-hybridized carbons (Fsp3) is 0.200. The van der Waals surface area contributed by atoms with Gasteiger partial charge in [0.2, 0.25) is 0 Å². The van der Waals surface area contributed by atoms with E-state index in [1.165, 1.54) is 0 Å². The van der Waals surface area contributed by atoms with Crippen molar-refractivity contribution in [2.75, 3.05) is 6.61 Å². The molecule has 5 nitrogen and oxygen atoms in total. The molecule has 0 unspecified atom stereocenters. The second kappa shape index (κ2) is 4.10. The summed E-state index contributed by atoms with van der Waals surface area (Å²) in [6.07, 6.45) is 2.21. The minimum Gasteiger partial charge on any atom is -0.508 e. The summed E-state index contributed by atoms with van der Waals surface area (Å²) in [5.74, 6) is 0.187. The molecule has 0 bridgehead atoms. The van der Waals surface area contributed by atoms with Gasteiger partial charge in [0.1, 0.15) is 5.75 Å². The van der Waals surface area contributed by atoms with E-state index in [1.807, 2.05) is 6.07 Å². The number of aromatic hydroxyl groups is 1. The molecular formula is C10H11N3O2. The Morgan fingerprint density at radius 1 is 1.33 bits per heavy atom. The van der Waals surface area contributed by atoms with Gasteiger partial charge in [-0.2, -0.15) is 0 Å². The molecule has 0 aliphatic carbocycles. The van der Waals surface area contributed by atoms with Crippen LogP contribution in [0, 0.1) is 0 Å². The maximum absolute atomic E-state index is 9.28. The molecule has 0 amide bonds. The summed E-state index contributed by atoms with van der Waals surface area (Å²) in [7, 11) is 0. The first kappa shape index (κ1) is 9.67. The fourth-order valence-electron chi connectivity index (χ4n) is 1.29. The molecule has 2 aromatic rings. The molecule has 0 aliphatic rings. The van der Waals surface area contributed by atoms with E-state index in [0.29, 0.717) is 6.42 Å². The van der Waals surface area contributed by atoms with Crippen molar-refractivity contribution < 1.29 is 10.2 Å². The number of phenols is 1. The van der Waals surface area contributed by atoms with Crippen LogP contribution in [0.1, 0.15) is 5.69 Å². The van der Waals surface area contributed by atoms with Gasteiger partial charge in [-0.25, -0.2) is 4.68 Å². The number of phenolic OH excluding ortho intramolecular Hbond substituents is 1. The van der Waals surface area contributed by atoms with E-state index in [0.717, 1.165) is 11.4 Å². The van der Waals surface area contributed by atoms with E-state index in [9.17, 15) is 5.11 Å². The summed E-state index contributed by atoms with van der Waals surface area (Å²) >= 11 is 0. The Morgan fingerprint density at radius 3 is 2.93 bits per heavy atom. The van der Waals surface area contributed by atoms with Crippen molar-refractivity contribution in [3.05, 3.63) is 36.2 Å². The van der Waals surface area contributed by atoms with Crippen molar-refractivity contribution in [2.24, 2.45) is 0 Å². The van der Waals surface area contributed by atoms with E-state index >= 15 is 0 Å². The third-order valence-corrected chi connectivity index (χ3v) is 2.00. The van der Waals surface area contributed by atoms with Crippen LogP contribution < -0.4 is 0 Å². The molecule has 0 spiro atoms. The van der Waals surface area contributed by atoms with Crippen molar-refractivity contribution >= 4 is 0 Å². The smallest absolute Gasteiger partial charge is 0.117 e. The molecular weight excluding hydrogens is 194 g/mol. The molecule has 1 heterocycles. The molecule has 1 aromatic carbocycles. The summed E-state index contributed by atoms with van der Waals surface area (Å²) in [6.45, 7) is 0.0543. The van der Waals surface area contributed by atoms with Crippen LogP contribution >= 0.6 is 0 Å². The van der Waals surface area contributed by atoms with Crippen LogP contribution in [0.25, 0.3) is 5.69 Å². The minimum absolute atomic E-state index is 0.0543. The third-order valence-electron chi connectivity index (χ3n) is 2.00. The van der Waals surface area contributed by atoms with Crippen molar-refractivity contribution in [3.8, 4) is 11.4 Å². The number of hydrogen-bond donors (Lipinski definition) is 2. The van der Waals surface area contributed by atoms with E-state index in [2.05, 4.69) is 10.3 Å². The van der Waals surface area contributed by atoms with Crippen molar-refractivity contribution in [1.29, 1.82) is 0 Å². The zero-order chi connectivity index (χ0) is 10.7. The second-order valence-corrected chi connectivity index (χ2v) is 3.15. The van der Waals surface area contributed by atoms with Crippen LogP contribution in [0.3, 0.4) is 0 Å². The van der Waals surface area contributed by atoms with Crippen molar-refractivity contribution in [2.45, 2.75) is 6.42 Å².